The molecule has 0 aromatic heterocycles. The van der Waals surface area contributed by atoms with E-state index in [9.17, 15) is 14.7 Å². The molecular formula is C27H30N2O5. The van der Waals surface area contributed by atoms with Crippen LogP contribution in [0.2, 0.25) is 0 Å². The van der Waals surface area contributed by atoms with Gasteiger partial charge in [-0.05, 0) is 17.2 Å². The van der Waals surface area contributed by atoms with Crippen molar-refractivity contribution in [2.24, 2.45) is 0 Å². The molecule has 0 fully saturated rings. The SMILES string of the molecule is COc1c(NC(C)=O)cccc1[C@H](COCc1ccccc1)N(Cc1ccccc1)C(=O)CO. The maximum absolute atomic E-state index is 12.9. The molecule has 3 aromatic rings. The van der Waals surface area contributed by atoms with Crippen molar-refractivity contribution in [2.75, 3.05) is 25.6 Å². The van der Waals surface area contributed by atoms with Crippen LogP contribution in [0.1, 0.15) is 29.7 Å². The molecule has 2 N–H and O–H groups in total. The number of nitrogens with zero attached hydrogens (tertiary/aromatic N) is 1. The van der Waals surface area contributed by atoms with E-state index < -0.39 is 18.6 Å². The highest BCUT2D eigenvalue weighted by Gasteiger charge is 2.29. The Morgan fingerprint density at radius 1 is 0.941 bits per heavy atom. The van der Waals surface area contributed by atoms with Crippen LogP contribution in [-0.2, 0) is 27.5 Å². The molecule has 3 rings (SSSR count). The van der Waals surface area contributed by atoms with E-state index in [0.717, 1.165) is 11.1 Å². The zero-order valence-corrected chi connectivity index (χ0v) is 19.4. The van der Waals surface area contributed by atoms with Gasteiger partial charge in [-0.15, -0.1) is 0 Å². The van der Waals surface area contributed by atoms with Crippen LogP contribution < -0.4 is 10.1 Å². The van der Waals surface area contributed by atoms with E-state index in [1.807, 2.05) is 66.7 Å². The first-order valence-corrected chi connectivity index (χ1v) is 11.0. The molecule has 1 atom stereocenters. The molecule has 34 heavy (non-hydrogen) atoms. The molecule has 7 heteroatoms. The molecular weight excluding hydrogens is 432 g/mol. The molecule has 0 spiro atoms. The van der Waals surface area contributed by atoms with Crippen LogP contribution in [-0.4, -0.2) is 42.1 Å². The number of para-hydroxylation sites is 1. The summed E-state index contributed by atoms with van der Waals surface area (Å²) in [4.78, 5) is 26.2. The Kier molecular flexibility index (Phi) is 9.20. The number of rotatable bonds is 11. The highest BCUT2D eigenvalue weighted by molar-refractivity contribution is 5.90. The summed E-state index contributed by atoms with van der Waals surface area (Å²) in [5.41, 5.74) is 3.08. The van der Waals surface area contributed by atoms with Crippen molar-refractivity contribution in [3.8, 4) is 5.75 Å². The van der Waals surface area contributed by atoms with Crippen molar-refractivity contribution in [2.45, 2.75) is 26.1 Å². The van der Waals surface area contributed by atoms with Crippen molar-refractivity contribution in [1.29, 1.82) is 0 Å². The van der Waals surface area contributed by atoms with Crippen molar-refractivity contribution >= 4 is 17.5 Å². The Morgan fingerprint density at radius 2 is 1.59 bits per heavy atom. The number of nitrogens with one attached hydrogen (secondary N) is 1. The van der Waals surface area contributed by atoms with Gasteiger partial charge in [-0.3, -0.25) is 9.59 Å². The maximum atomic E-state index is 12.9. The number of carbonyl (C=O) groups excluding carboxylic acids is 2. The fourth-order valence-electron chi connectivity index (χ4n) is 3.79. The lowest BCUT2D eigenvalue weighted by molar-refractivity contribution is -0.139. The van der Waals surface area contributed by atoms with Crippen LogP contribution >= 0.6 is 0 Å². The summed E-state index contributed by atoms with van der Waals surface area (Å²) in [7, 11) is 1.52. The van der Waals surface area contributed by atoms with Gasteiger partial charge in [0.15, 0.2) is 0 Å². The number of hydrogen-bond acceptors (Lipinski definition) is 5. The molecule has 0 saturated carbocycles. The summed E-state index contributed by atoms with van der Waals surface area (Å²) in [5.74, 6) is -0.237. The monoisotopic (exact) mass is 462 g/mol. The summed E-state index contributed by atoms with van der Waals surface area (Å²) >= 11 is 0. The van der Waals surface area contributed by atoms with E-state index in [1.54, 1.807) is 17.0 Å². The Labute approximate surface area is 199 Å². The van der Waals surface area contributed by atoms with Gasteiger partial charge < -0.3 is 24.8 Å². The second kappa shape index (κ2) is 12.5. The lowest BCUT2D eigenvalue weighted by Crippen LogP contribution is -2.38. The number of benzene rings is 3. The molecule has 0 unspecified atom stereocenters. The van der Waals surface area contributed by atoms with Crippen LogP contribution in [0.15, 0.2) is 78.9 Å². The fraction of sp³-hybridized carbons (Fsp3) is 0.259. The summed E-state index contributed by atoms with van der Waals surface area (Å²) < 4.78 is 11.7. The van der Waals surface area contributed by atoms with E-state index in [2.05, 4.69) is 5.32 Å². The summed E-state index contributed by atoms with van der Waals surface area (Å²) in [6.07, 6.45) is 0. The summed E-state index contributed by atoms with van der Waals surface area (Å²) in [5, 5.41) is 12.5. The molecule has 7 nitrogen and oxygen atoms in total. The van der Waals surface area contributed by atoms with E-state index >= 15 is 0 Å². The number of ether oxygens (including phenoxy) is 2. The van der Waals surface area contributed by atoms with Crippen LogP contribution in [0.4, 0.5) is 5.69 Å². The molecule has 0 bridgehead atoms. The number of hydrogen-bond donors (Lipinski definition) is 2. The van der Waals surface area contributed by atoms with Gasteiger partial charge >= 0.3 is 0 Å². The third-order valence-corrected chi connectivity index (χ3v) is 5.33. The number of amides is 2. The lowest BCUT2D eigenvalue weighted by atomic mass is 10.0. The molecule has 0 aliphatic heterocycles. The molecule has 0 radical (unpaired) electrons. The van der Waals surface area contributed by atoms with Crippen LogP contribution in [0.5, 0.6) is 5.75 Å². The highest BCUT2D eigenvalue weighted by atomic mass is 16.5. The number of aliphatic hydroxyl groups excluding tert-OH is 1. The third-order valence-electron chi connectivity index (χ3n) is 5.33. The van der Waals surface area contributed by atoms with Crippen LogP contribution in [0, 0.1) is 0 Å². The van der Waals surface area contributed by atoms with E-state index in [4.69, 9.17) is 9.47 Å². The second-order valence-electron chi connectivity index (χ2n) is 7.79. The summed E-state index contributed by atoms with van der Waals surface area (Å²) in [6.45, 7) is 1.57. The number of anilines is 1. The standard InChI is InChI=1S/C27H30N2O5/c1-20(31)28-24-15-9-14-23(27(24)33-2)25(19-34-18-22-12-7-4-8-13-22)29(26(32)17-30)16-21-10-5-3-6-11-21/h3-15,25,30H,16-19H2,1-2H3,(H,28,31)/t25-/m0/s1. The first-order chi connectivity index (χ1) is 16.5. The predicted octanol–water partition coefficient (Wildman–Crippen LogP) is 3.93. The molecule has 0 aliphatic carbocycles. The fourth-order valence-corrected chi connectivity index (χ4v) is 3.79. The normalized spacial score (nSPS) is 11.5. The van der Waals surface area contributed by atoms with E-state index in [1.165, 1.54) is 14.0 Å². The van der Waals surface area contributed by atoms with Gasteiger partial charge in [-0.1, -0.05) is 72.8 Å². The largest absolute Gasteiger partial charge is 0.494 e. The Balaban J connectivity index is 1.99. The number of aliphatic hydroxyl groups is 1. The van der Waals surface area contributed by atoms with Gasteiger partial charge in [-0.25, -0.2) is 0 Å². The Hall–Kier alpha value is -3.68. The maximum Gasteiger partial charge on any atom is 0.249 e. The lowest BCUT2D eigenvalue weighted by Gasteiger charge is -2.33. The smallest absolute Gasteiger partial charge is 0.249 e. The quantitative estimate of drug-likeness (QED) is 0.451. The molecule has 0 saturated heterocycles. The number of carbonyl (C=O) groups is 2. The highest BCUT2D eigenvalue weighted by Crippen LogP contribution is 2.36. The first kappa shape index (κ1) is 25.0. The van der Waals surface area contributed by atoms with Gasteiger partial charge in [0.2, 0.25) is 11.8 Å². The van der Waals surface area contributed by atoms with Gasteiger partial charge in [0.25, 0.3) is 0 Å². The van der Waals surface area contributed by atoms with Crippen molar-refractivity contribution < 1.29 is 24.2 Å². The van der Waals surface area contributed by atoms with Gasteiger partial charge in [-0.2, -0.15) is 0 Å². The van der Waals surface area contributed by atoms with Gasteiger partial charge in [0, 0.05) is 19.0 Å². The predicted molar refractivity (Wildman–Crippen MR) is 130 cm³/mol. The average Bonchev–Trinajstić information content (AvgIpc) is 2.86. The second-order valence-corrected chi connectivity index (χ2v) is 7.79. The van der Waals surface area contributed by atoms with Crippen molar-refractivity contribution in [1.82, 2.24) is 4.90 Å². The molecule has 178 valence electrons. The molecule has 0 heterocycles. The Bertz CT molecular complexity index is 1070. The summed E-state index contributed by atoms with van der Waals surface area (Å²) in [6, 6.07) is 24.1. The first-order valence-electron chi connectivity index (χ1n) is 11.0. The van der Waals surface area contributed by atoms with E-state index in [-0.39, 0.29) is 19.1 Å². The van der Waals surface area contributed by atoms with Gasteiger partial charge in [0.1, 0.15) is 12.4 Å². The van der Waals surface area contributed by atoms with Crippen molar-refractivity contribution in [3.63, 3.8) is 0 Å². The number of methoxy groups -OCH3 is 1. The third kappa shape index (κ3) is 6.66. The molecule has 0 aliphatic rings. The minimum atomic E-state index is -0.643. The van der Waals surface area contributed by atoms with E-state index in [0.29, 0.717) is 23.6 Å². The zero-order chi connectivity index (χ0) is 24.3. The minimum absolute atomic E-state index is 0.160. The zero-order valence-electron chi connectivity index (χ0n) is 19.4. The molecule has 3 aromatic carbocycles. The van der Waals surface area contributed by atoms with Crippen LogP contribution in [0.3, 0.4) is 0 Å². The minimum Gasteiger partial charge on any atom is -0.494 e. The average molecular weight is 463 g/mol. The van der Waals surface area contributed by atoms with Crippen LogP contribution in [0.25, 0.3) is 0 Å². The molecule has 2 amide bonds. The van der Waals surface area contributed by atoms with Gasteiger partial charge in [0.05, 0.1) is 32.1 Å². The topological polar surface area (TPSA) is 88.1 Å². The van der Waals surface area contributed by atoms with Crippen molar-refractivity contribution in [3.05, 3.63) is 95.6 Å². The Morgan fingerprint density at radius 3 is 2.18 bits per heavy atom.